The topological polar surface area (TPSA) is 294 Å². The number of likely N-dealkylation sites (N-methyl/N-ethyl adjacent to an activating group) is 2. The standard InChI is InChI=1S/C68H93N9O12S/c1-41(2)53(76(14)61(82)55(65(6,7)8)73-60(81)56(77(15)64(85)89-66(9,10)11)67(12,13)45-24-17-16-18-25-45)38-43(5)57(78)75-90(86,87)40-44-31-33-46(34-32-44)68(35-36-68)74-58(79)52(30-23-37-70-62(69)83)71-59(80)54(42(3)4)72-63(84)88-39-51-49-28-21-19-26-47(49)48-27-20-22-29-50(48)51/h16-22,24-29,31-34,38,41-42,51-56H,23,30,35-37,39-40H2,1-15H3,(H,71,80)(H,72,84)(H,73,81)(H,74,79)(H,75,78)(H3,69,70,83)/b43-38+. The van der Waals surface area contributed by atoms with E-state index in [-0.39, 0.29) is 43.4 Å². The molecule has 8 N–H and O–H groups in total. The minimum atomic E-state index is -4.31. The molecule has 9 amide bonds. The summed E-state index contributed by atoms with van der Waals surface area (Å²) in [5, 5.41) is 14.1. The number of nitrogens with one attached hydrogen (secondary N) is 6. The Hall–Kier alpha value is -8.27. The van der Waals surface area contributed by atoms with Crippen molar-refractivity contribution in [3.05, 3.63) is 143 Å². The van der Waals surface area contributed by atoms with Crippen molar-refractivity contribution < 1.29 is 56.2 Å². The van der Waals surface area contributed by atoms with Crippen molar-refractivity contribution in [1.82, 2.24) is 41.1 Å². The van der Waals surface area contributed by atoms with Gasteiger partial charge in [-0.05, 0) is 110 Å². The zero-order valence-corrected chi connectivity index (χ0v) is 55.6. The fourth-order valence-electron chi connectivity index (χ4n) is 11.4. The van der Waals surface area contributed by atoms with Crippen LogP contribution in [0.4, 0.5) is 14.4 Å². The fraction of sp³-hybridized carbons (Fsp3) is 0.500. The third-order valence-electron chi connectivity index (χ3n) is 16.6. The molecule has 2 aliphatic carbocycles. The quantitative estimate of drug-likeness (QED) is 0.0230. The van der Waals surface area contributed by atoms with Crippen molar-refractivity contribution in [2.45, 2.75) is 174 Å². The molecule has 0 saturated heterocycles. The Morgan fingerprint density at radius 3 is 1.80 bits per heavy atom. The van der Waals surface area contributed by atoms with Crippen LogP contribution in [0.1, 0.15) is 149 Å². The molecule has 4 aromatic rings. The first-order valence-corrected chi connectivity index (χ1v) is 32.3. The van der Waals surface area contributed by atoms with Crippen LogP contribution in [0.5, 0.6) is 0 Å². The summed E-state index contributed by atoms with van der Waals surface area (Å²) >= 11 is 0. The van der Waals surface area contributed by atoms with Crippen molar-refractivity contribution >= 4 is 57.8 Å². The fourth-order valence-corrected chi connectivity index (χ4v) is 12.6. The summed E-state index contributed by atoms with van der Waals surface area (Å²) in [5.74, 6) is -4.63. The zero-order chi connectivity index (χ0) is 66.8. The number of alkyl carbamates (subject to hydrolysis) is 1. The van der Waals surface area contributed by atoms with Gasteiger partial charge in [0.2, 0.25) is 33.7 Å². The van der Waals surface area contributed by atoms with Crippen LogP contribution in [-0.2, 0) is 60.2 Å². The predicted molar refractivity (Wildman–Crippen MR) is 346 cm³/mol. The van der Waals surface area contributed by atoms with Crippen LogP contribution in [0.3, 0.4) is 0 Å². The molecule has 2 aliphatic rings. The molecule has 21 nitrogen and oxygen atoms in total. The normalized spacial score (nSPS) is 15.5. The van der Waals surface area contributed by atoms with Crippen LogP contribution < -0.4 is 37.0 Å². The van der Waals surface area contributed by atoms with Gasteiger partial charge in [-0.25, -0.2) is 27.5 Å². The second-order valence-electron chi connectivity index (χ2n) is 27.1. The maximum Gasteiger partial charge on any atom is 0.410 e. The van der Waals surface area contributed by atoms with Crippen LogP contribution in [0.2, 0.25) is 0 Å². The van der Waals surface area contributed by atoms with Crippen molar-refractivity contribution in [2.24, 2.45) is 23.0 Å². The Labute approximate surface area is 530 Å². The van der Waals surface area contributed by atoms with Gasteiger partial charge in [0.05, 0.1) is 17.3 Å². The molecule has 6 rings (SSSR count). The number of sulfonamides is 1. The molecule has 1 saturated carbocycles. The second-order valence-corrected chi connectivity index (χ2v) is 28.8. The number of amides is 9. The first kappa shape index (κ1) is 70.8. The van der Waals surface area contributed by atoms with Gasteiger partial charge in [0.15, 0.2) is 0 Å². The molecule has 0 heterocycles. The monoisotopic (exact) mass is 1260 g/mol. The van der Waals surface area contributed by atoms with Gasteiger partial charge in [0.25, 0.3) is 5.91 Å². The Kier molecular flexibility index (Phi) is 22.9. The number of benzene rings is 4. The molecule has 0 bridgehead atoms. The third-order valence-corrected chi connectivity index (χ3v) is 17.8. The molecule has 22 heteroatoms. The molecule has 5 atom stereocenters. The van der Waals surface area contributed by atoms with E-state index in [1.165, 1.54) is 29.8 Å². The van der Waals surface area contributed by atoms with Crippen molar-refractivity contribution in [2.75, 3.05) is 27.2 Å². The lowest BCUT2D eigenvalue weighted by atomic mass is 9.76. The molecule has 0 aliphatic heterocycles. The van der Waals surface area contributed by atoms with E-state index in [1.54, 1.807) is 86.7 Å². The highest BCUT2D eigenvalue weighted by Gasteiger charge is 2.48. The van der Waals surface area contributed by atoms with Crippen LogP contribution in [0, 0.1) is 17.3 Å². The SMILES string of the molecule is C/C(=C\C(C(C)C)N(C)C(=O)C(NC(=O)C(N(C)C(=O)OC(C)(C)C)C(C)(C)c1ccccc1)C(C)(C)C)C(=O)NS(=O)(=O)Cc1ccc(C2(NC(=O)C(CCCNC(N)=O)NC(=O)C(NC(=O)OCC3c4ccccc4-c4ccccc43)C(C)C)CC2)cc1. The van der Waals surface area contributed by atoms with Crippen LogP contribution in [0.15, 0.2) is 115 Å². The van der Waals surface area contributed by atoms with E-state index in [0.29, 0.717) is 24.0 Å². The summed E-state index contributed by atoms with van der Waals surface area (Å²) in [5.41, 5.74) is 7.72. The largest absolute Gasteiger partial charge is 0.449 e. The zero-order valence-electron chi connectivity index (χ0n) is 54.7. The Balaban J connectivity index is 1.09. The molecule has 90 heavy (non-hydrogen) atoms. The lowest BCUT2D eigenvalue weighted by molar-refractivity contribution is -0.141. The Morgan fingerprint density at radius 2 is 1.28 bits per heavy atom. The highest BCUT2D eigenvalue weighted by molar-refractivity contribution is 7.89. The summed E-state index contributed by atoms with van der Waals surface area (Å²) in [6.07, 6.45) is 1.42. The number of primary amides is 1. The van der Waals surface area contributed by atoms with Gasteiger partial charge in [-0.15, -0.1) is 0 Å². The van der Waals surface area contributed by atoms with E-state index in [0.717, 1.165) is 27.8 Å². The minimum absolute atomic E-state index is 0.0175. The number of carbonyl (C=O) groups is 8. The number of nitrogens with two attached hydrogens (primary N) is 1. The molecule has 0 aromatic heterocycles. The van der Waals surface area contributed by atoms with Crippen molar-refractivity contribution in [3.63, 3.8) is 0 Å². The van der Waals surface area contributed by atoms with Gasteiger partial charge >= 0.3 is 18.2 Å². The van der Waals surface area contributed by atoms with Crippen molar-refractivity contribution in [3.8, 4) is 11.1 Å². The van der Waals surface area contributed by atoms with Gasteiger partial charge in [-0.2, -0.15) is 0 Å². The van der Waals surface area contributed by atoms with E-state index in [1.807, 2.05) is 107 Å². The molecule has 1 fully saturated rings. The molecule has 5 unspecified atom stereocenters. The average Bonchev–Trinajstić information content (AvgIpc) is 1.55. The summed E-state index contributed by atoms with van der Waals surface area (Å²) < 4.78 is 41.0. The number of hydrogen-bond donors (Lipinski definition) is 7. The van der Waals surface area contributed by atoms with Gasteiger partial charge < -0.3 is 46.7 Å². The molecular formula is C68H93N9O12S. The highest BCUT2D eigenvalue weighted by atomic mass is 32.2. The van der Waals surface area contributed by atoms with Crippen LogP contribution >= 0.6 is 0 Å². The van der Waals surface area contributed by atoms with Gasteiger partial charge in [0.1, 0.15) is 36.4 Å². The maximum absolute atomic E-state index is 14.7. The predicted octanol–water partition coefficient (Wildman–Crippen LogP) is 8.41. The molecule has 488 valence electrons. The lowest BCUT2D eigenvalue weighted by Gasteiger charge is -2.42. The summed E-state index contributed by atoms with van der Waals surface area (Å²) in [6, 6.07) is 25.7. The van der Waals surface area contributed by atoms with Crippen LogP contribution in [-0.4, -0.2) is 129 Å². The smallest absolute Gasteiger partial charge is 0.410 e. The number of carbonyl (C=O) groups excluding carboxylic acids is 8. The Bertz CT molecular complexity index is 3360. The maximum atomic E-state index is 14.7. The summed E-state index contributed by atoms with van der Waals surface area (Å²) in [4.78, 5) is 113. The summed E-state index contributed by atoms with van der Waals surface area (Å²) in [6.45, 7) is 23.1. The highest BCUT2D eigenvalue weighted by Crippen LogP contribution is 2.46. The van der Waals surface area contributed by atoms with E-state index in [4.69, 9.17) is 15.2 Å². The molecule has 0 radical (unpaired) electrons. The first-order chi connectivity index (χ1) is 42.0. The van der Waals surface area contributed by atoms with Crippen molar-refractivity contribution in [1.29, 1.82) is 0 Å². The molecular weight excluding hydrogens is 1170 g/mol. The average molecular weight is 1260 g/mol. The van der Waals surface area contributed by atoms with E-state index < -0.39 is 122 Å². The van der Waals surface area contributed by atoms with E-state index in [9.17, 15) is 46.8 Å². The Morgan fingerprint density at radius 1 is 0.711 bits per heavy atom. The lowest BCUT2D eigenvalue weighted by Crippen LogP contribution is -2.63. The first-order valence-electron chi connectivity index (χ1n) is 30.6. The van der Waals surface area contributed by atoms with Gasteiger partial charge in [-0.3, -0.25) is 28.9 Å². The second kappa shape index (κ2) is 29.1. The van der Waals surface area contributed by atoms with Gasteiger partial charge in [0, 0.05) is 37.5 Å². The number of nitrogens with zero attached hydrogens (tertiary/aromatic N) is 2. The number of hydrogen-bond acceptors (Lipinski definition) is 12. The number of urea groups is 1. The third kappa shape index (κ3) is 18.2. The molecule has 0 spiro atoms. The number of rotatable bonds is 26. The minimum Gasteiger partial charge on any atom is -0.449 e. The van der Waals surface area contributed by atoms with Gasteiger partial charge in [-0.1, -0.05) is 172 Å². The van der Waals surface area contributed by atoms with Crippen LogP contribution in [0.25, 0.3) is 11.1 Å². The summed E-state index contributed by atoms with van der Waals surface area (Å²) in [7, 11) is -1.26. The molecule has 4 aromatic carbocycles. The number of ether oxygens (including phenoxy) is 2. The van der Waals surface area contributed by atoms with E-state index in [2.05, 4.69) is 31.3 Å². The number of fused-ring (bicyclic) bond motifs is 3. The van der Waals surface area contributed by atoms with E-state index >= 15 is 0 Å².